The van der Waals surface area contributed by atoms with Gasteiger partial charge in [-0.3, -0.25) is 14.5 Å². The SMILES string of the molecule is O=C(NCC(F)F)c1ccc(C2=CCN(Cc3ccc4c([nH]c(=O)c5c(F)ccn54)c3F)CC2)c(F)n1. The molecule has 1 amide bonds. The minimum atomic E-state index is -2.73. The van der Waals surface area contributed by atoms with E-state index in [9.17, 15) is 27.2 Å². The van der Waals surface area contributed by atoms with Crippen molar-refractivity contribution < 1.29 is 26.7 Å². The van der Waals surface area contributed by atoms with Gasteiger partial charge in [0.05, 0.1) is 12.1 Å². The zero-order valence-electron chi connectivity index (χ0n) is 19.2. The molecule has 0 saturated carbocycles. The second-order valence-corrected chi connectivity index (χ2v) is 8.62. The molecule has 1 aliphatic rings. The Balaban J connectivity index is 1.32. The predicted molar refractivity (Wildman–Crippen MR) is 126 cm³/mol. The molecule has 0 bridgehead atoms. The molecule has 2 N–H and O–H groups in total. The Hall–Kier alpha value is -4.06. The van der Waals surface area contributed by atoms with Crippen LogP contribution >= 0.6 is 0 Å². The number of H-pyrrole nitrogens is 1. The number of carbonyl (C=O) groups is 1. The summed E-state index contributed by atoms with van der Waals surface area (Å²) in [5.41, 5.74) is 0.272. The Kier molecular flexibility index (Phi) is 6.50. The highest BCUT2D eigenvalue weighted by atomic mass is 19.3. The Morgan fingerprint density at radius 1 is 1.14 bits per heavy atom. The van der Waals surface area contributed by atoms with Crippen LogP contribution in [-0.2, 0) is 6.54 Å². The van der Waals surface area contributed by atoms with E-state index in [4.69, 9.17) is 0 Å². The van der Waals surface area contributed by atoms with E-state index in [0.717, 1.165) is 6.07 Å². The summed E-state index contributed by atoms with van der Waals surface area (Å²) in [5.74, 6) is -3.09. The normalized spacial score (nSPS) is 14.5. The van der Waals surface area contributed by atoms with Crippen molar-refractivity contribution >= 4 is 28.0 Å². The molecule has 0 aliphatic carbocycles. The van der Waals surface area contributed by atoms with Gasteiger partial charge in [-0.25, -0.2) is 22.5 Å². The van der Waals surface area contributed by atoms with E-state index in [0.29, 0.717) is 36.2 Å². The summed E-state index contributed by atoms with van der Waals surface area (Å²) in [6, 6.07) is 6.98. The molecule has 1 aromatic carbocycles. The fourth-order valence-electron chi connectivity index (χ4n) is 4.45. The third-order valence-corrected chi connectivity index (χ3v) is 6.28. The van der Waals surface area contributed by atoms with Crippen molar-refractivity contribution in [1.82, 2.24) is 24.6 Å². The van der Waals surface area contributed by atoms with Crippen LogP contribution in [-0.4, -0.2) is 51.2 Å². The Bertz CT molecular complexity index is 1610. The third-order valence-electron chi connectivity index (χ3n) is 6.28. The molecule has 4 aromatic rings. The molecule has 7 nitrogen and oxygen atoms in total. The van der Waals surface area contributed by atoms with E-state index in [1.807, 2.05) is 10.2 Å². The number of fused-ring (bicyclic) bond motifs is 3. The molecule has 4 heterocycles. The van der Waals surface area contributed by atoms with Crippen LogP contribution in [0.4, 0.5) is 22.0 Å². The molecule has 0 radical (unpaired) electrons. The van der Waals surface area contributed by atoms with Crippen LogP contribution < -0.4 is 10.9 Å². The summed E-state index contributed by atoms with van der Waals surface area (Å²) in [6.07, 6.45) is 0.834. The zero-order valence-corrected chi connectivity index (χ0v) is 19.2. The predicted octanol–water partition coefficient (Wildman–Crippen LogP) is 3.88. The highest BCUT2D eigenvalue weighted by Crippen LogP contribution is 2.27. The zero-order chi connectivity index (χ0) is 26.3. The number of carbonyl (C=O) groups excluding carboxylic acids is 1. The average molecular weight is 517 g/mol. The van der Waals surface area contributed by atoms with Crippen LogP contribution in [0.15, 0.2) is 47.4 Å². The highest BCUT2D eigenvalue weighted by molar-refractivity contribution is 5.92. The molecule has 37 heavy (non-hydrogen) atoms. The van der Waals surface area contributed by atoms with Crippen LogP contribution in [0.2, 0.25) is 0 Å². The van der Waals surface area contributed by atoms with Crippen molar-refractivity contribution in [2.75, 3.05) is 19.6 Å². The van der Waals surface area contributed by atoms with Crippen molar-refractivity contribution in [2.24, 2.45) is 0 Å². The lowest BCUT2D eigenvalue weighted by atomic mass is 10.00. The minimum Gasteiger partial charge on any atom is -0.345 e. The summed E-state index contributed by atoms with van der Waals surface area (Å²) >= 11 is 0. The number of amides is 1. The first-order valence-electron chi connectivity index (χ1n) is 11.4. The van der Waals surface area contributed by atoms with E-state index in [-0.39, 0.29) is 28.8 Å². The minimum absolute atomic E-state index is 0.0235. The van der Waals surface area contributed by atoms with E-state index >= 15 is 4.39 Å². The van der Waals surface area contributed by atoms with E-state index in [1.54, 1.807) is 18.2 Å². The van der Waals surface area contributed by atoms with Gasteiger partial charge >= 0.3 is 0 Å². The first kappa shape index (κ1) is 24.6. The van der Waals surface area contributed by atoms with Crippen LogP contribution in [0.5, 0.6) is 0 Å². The Labute approximate surface area is 206 Å². The van der Waals surface area contributed by atoms with E-state index in [2.05, 4.69) is 9.97 Å². The number of nitrogens with zero attached hydrogens (tertiary/aromatic N) is 3. The summed E-state index contributed by atoms with van der Waals surface area (Å²) in [6.45, 7) is 0.211. The number of pyridine rings is 1. The number of rotatable bonds is 6. The molecule has 192 valence electrons. The second kappa shape index (κ2) is 9.77. The first-order chi connectivity index (χ1) is 17.7. The monoisotopic (exact) mass is 517 g/mol. The number of nitrogens with one attached hydrogen (secondary N) is 2. The van der Waals surface area contributed by atoms with Gasteiger partial charge in [0.15, 0.2) is 11.6 Å². The lowest BCUT2D eigenvalue weighted by molar-refractivity contribution is 0.0886. The van der Waals surface area contributed by atoms with Crippen LogP contribution in [0.3, 0.4) is 0 Å². The topological polar surface area (TPSA) is 82.5 Å². The number of hydrogen-bond acceptors (Lipinski definition) is 4. The van der Waals surface area contributed by atoms with Gasteiger partial charge in [0, 0.05) is 37.0 Å². The number of aromatic nitrogens is 3. The summed E-state index contributed by atoms with van der Waals surface area (Å²) in [7, 11) is 0. The van der Waals surface area contributed by atoms with Gasteiger partial charge < -0.3 is 14.7 Å². The molecule has 0 fully saturated rings. The second-order valence-electron chi connectivity index (χ2n) is 8.62. The average Bonchev–Trinajstić information content (AvgIpc) is 3.27. The quantitative estimate of drug-likeness (QED) is 0.301. The largest absolute Gasteiger partial charge is 0.345 e. The van der Waals surface area contributed by atoms with Crippen LogP contribution in [0, 0.1) is 17.6 Å². The number of alkyl halides is 2. The number of aromatic amines is 1. The lowest BCUT2D eigenvalue weighted by Crippen LogP contribution is -2.30. The van der Waals surface area contributed by atoms with Gasteiger partial charge in [-0.15, -0.1) is 0 Å². The first-order valence-corrected chi connectivity index (χ1v) is 11.4. The van der Waals surface area contributed by atoms with Crippen molar-refractivity contribution in [1.29, 1.82) is 0 Å². The molecule has 0 atom stereocenters. The summed E-state index contributed by atoms with van der Waals surface area (Å²) < 4.78 is 69.6. The lowest BCUT2D eigenvalue weighted by Gasteiger charge is -2.27. The van der Waals surface area contributed by atoms with Gasteiger partial charge in [0.1, 0.15) is 16.7 Å². The van der Waals surface area contributed by atoms with Crippen LogP contribution in [0.1, 0.15) is 28.0 Å². The third kappa shape index (κ3) is 4.71. The van der Waals surface area contributed by atoms with Crippen molar-refractivity contribution in [3.05, 3.63) is 87.4 Å². The maximum atomic E-state index is 15.3. The van der Waals surface area contributed by atoms with Gasteiger partial charge in [0.2, 0.25) is 5.95 Å². The molecule has 0 unspecified atom stereocenters. The fourth-order valence-corrected chi connectivity index (χ4v) is 4.45. The summed E-state index contributed by atoms with van der Waals surface area (Å²) in [4.78, 5) is 32.1. The molecule has 0 saturated heterocycles. The number of hydrogen-bond donors (Lipinski definition) is 2. The summed E-state index contributed by atoms with van der Waals surface area (Å²) in [5, 5.41) is 1.97. The molecule has 12 heteroatoms. The molecule has 1 aliphatic heterocycles. The Morgan fingerprint density at radius 2 is 1.95 bits per heavy atom. The van der Waals surface area contributed by atoms with Crippen molar-refractivity contribution in [3.8, 4) is 0 Å². The van der Waals surface area contributed by atoms with Gasteiger partial charge in [-0.2, -0.15) is 4.39 Å². The van der Waals surface area contributed by atoms with Gasteiger partial charge in [0.25, 0.3) is 17.9 Å². The van der Waals surface area contributed by atoms with E-state index in [1.165, 1.54) is 22.7 Å². The molecular formula is C25H20F5N5O2. The molecule has 3 aromatic heterocycles. The smallest absolute Gasteiger partial charge is 0.275 e. The van der Waals surface area contributed by atoms with E-state index < -0.39 is 42.0 Å². The van der Waals surface area contributed by atoms with Crippen molar-refractivity contribution in [2.45, 2.75) is 19.4 Å². The maximum absolute atomic E-state index is 15.3. The highest BCUT2D eigenvalue weighted by Gasteiger charge is 2.21. The molecular weight excluding hydrogens is 497 g/mol. The Morgan fingerprint density at radius 3 is 2.65 bits per heavy atom. The fraction of sp³-hybridized carbons (Fsp3) is 0.240. The molecule has 0 spiro atoms. The standard InChI is InChI=1S/C25H20F5N5O2/c26-16-7-10-35-18-4-1-14(20(29)21(18)33-25(37)22(16)35)12-34-8-5-13(6-9-34)15-2-3-17(32-23(15)30)24(36)31-11-19(27)28/h1-5,7,10,19H,6,8-9,11-12H2,(H,31,36)(H,33,37). The van der Waals surface area contributed by atoms with Gasteiger partial charge in [-0.05, 0) is 36.3 Å². The van der Waals surface area contributed by atoms with Crippen molar-refractivity contribution in [3.63, 3.8) is 0 Å². The van der Waals surface area contributed by atoms with Crippen LogP contribution in [0.25, 0.3) is 22.1 Å². The van der Waals surface area contributed by atoms with Gasteiger partial charge in [-0.1, -0.05) is 12.1 Å². The maximum Gasteiger partial charge on any atom is 0.275 e. The number of benzene rings is 1. The number of halogens is 5. The molecule has 5 rings (SSSR count).